The van der Waals surface area contributed by atoms with Gasteiger partial charge >= 0.3 is 5.97 Å². The summed E-state index contributed by atoms with van der Waals surface area (Å²) in [6.07, 6.45) is 0. The van der Waals surface area contributed by atoms with Crippen LogP contribution in [0.1, 0.15) is 37.3 Å². The maximum Gasteiger partial charge on any atom is 0.339 e. The Hall–Kier alpha value is -2.92. The average Bonchev–Trinajstić information content (AvgIpc) is 3.03. The number of amides is 1. The number of nitrogens with one attached hydrogen (secondary N) is 1. The van der Waals surface area contributed by atoms with E-state index in [0.29, 0.717) is 5.56 Å². The quantitative estimate of drug-likeness (QED) is 0.645. The summed E-state index contributed by atoms with van der Waals surface area (Å²) in [5.74, 6) is -0.811. The molecule has 0 saturated heterocycles. The number of thiophene rings is 1. The molecule has 4 nitrogen and oxygen atoms in total. The second-order valence-corrected chi connectivity index (χ2v) is 7.69. The smallest absolute Gasteiger partial charge is 0.339 e. The van der Waals surface area contributed by atoms with Gasteiger partial charge in [-0.05, 0) is 31.0 Å². The van der Waals surface area contributed by atoms with Gasteiger partial charge in [0.25, 0.3) is 5.91 Å². The molecule has 0 aliphatic carbocycles. The third-order valence-corrected chi connectivity index (χ3v) is 5.13. The minimum atomic E-state index is -0.469. The van der Waals surface area contributed by atoms with Crippen LogP contribution in [-0.4, -0.2) is 18.5 Å². The van der Waals surface area contributed by atoms with Crippen molar-refractivity contribution in [3.63, 3.8) is 0 Å². The summed E-state index contributed by atoms with van der Waals surface area (Å²) in [4.78, 5) is 26.6. The third-order valence-electron chi connectivity index (χ3n) is 4.17. The van der Waals surface area contributed by atoms with Gasteiger partial charge in [0.15, 0.2) is 6.61 Å². The van der Waals surface area contributed by atoms with Gasteiger partial charge in [-0.3, -0.25) is 4.79 Å². The van der Waals surface area contributed by atoms with Gasteiger partial charge in [-0.1, -0.05) is 60.7 Å². The van der Waals surface area contributed by atoms with Gasteiger partial charge in [0.1, 0.15) is 0 Å². The highest BCUT2D eigenvalue weighted by molar-refractivity contribution is 7.12. The number of rotatable bonds is 6. The van der Waals surface area contributed by atoms with Crippen molar-refractivity contribution in [2.45, 2.75) is 19.9 Å². The van der Waals surface area contributed by atoms with Crippen molar-refractivity contribution < 1.29 is 14.3 Å². The Morgan fingerprint density at radius 1 is 0.963 bits per heavy atom. The molecule has 0 radical (unpaired) electrons. The highest BCUT2D eigenvalue weighted by Gasteiger charge is 2.19. The predicted molar refractivity (Wildman–Crippen MR) is 107 cm³/mol. The van der Waals surface area contributed by atoms with Crippen molar-refractivity contribution in [1.82, 2.24) is 5.32 Å². The number of benzene rings is 2. The summed E-state index contributed by atoms with van der Waals surface area (Å²) in [6.45, 7) is 3.49. The summed E-state index contributed by atoms with van der Waals surface area (Å²) < 4.78 is 5.21. The van der Waals surface area contributed by atoms with Crippen molar-refractivity contribution in [2.24, 2.45) is 0 Å². The molecule has 1 heterocycles. The number of esters is 1. The fourth-order valence-corrected chi connectivity index (χ4v) is 3.81. The Balaban J connectivity index is 1.68. The van der Waals surface area contributed by atoms with Gasteiger partial charge < -0.3 is 10.1 Å². The van der Waals surface area contributed by atoms with Crippen LogP contribution in [0.15, 0.2) is 66.7 Å². The van der Waals surface area contributed by atoms with Gasteiger partial charge in [-0.25, -0.2) is 4.79 Å². The molecule has 3 aromatic rings. The van der Waals surface area contributed by atoms with E-state index in [1.54, 1.807) is 6.07 Å². The third kappa shape index (κ3) is 4.83. The first-order chi connectivity index (χ1) is 13.0. The minimum absolute atomic E-state index is 0.302. The normalized spacial score (nSPS) is 10.6. The Labute approximate surface area is 162 Å². The van der Waals surface area contributed by atoms with Crippen LogP contribution in [0, 0.1) is 13.8 Å². The van der Waals surface area contributed by atoms with Crippen molar-refractivity contribution >= 4 is 23.2 Å². The van der Waals surface area contributed by atoms with E-state index < -0.39 is 5.97 Å². The SMILES string of the molecule is Cc1cc(C(=O)OCC(=O)NC(c2ccccc2)c2ccccc2)c(C)s1. The molecule has 5 heteroatoms. The molecule has 0 fully saturated rings. The first kappa shape index (κ1) is 18.9. The van der Waals surface area contributed by atoms with E-state index in [2.05, 4.69) is 5.32 Å². The molecule has 27 heavy (non-hydrogen) atoms. The summed E-state index contributed by atoms with van der Waals surface area (Å²) in [5.41, 5.74) is 2.45. The number of carbonyl (C=O) groups excluding carboxylic acids is 2. The molecule has 0 atom stereocenters. The lowest BCUT2D eigenvalue weighted by Crippen LogP contribution is -2.33. The fraction of sp³-hybridized carbons (Fsp3) is 0.182. The molecule has 0 aliphatic heterocycles. The predicted octanol–water partition coefficient (Wildman–Crippen LogP) is 4.43. The van der Waals surface area contributed by atoms with Crippen LogP contribution in [0.3, 0.4) is 0 Å². The second-order valence-electron chi connectivity index (χ2n) is 6.22. The zero-order valence-electron chi connectivity index (χ0n) is 15.3. The van der Waals surface area contributed by atoms with E-state index >= 15 is 0 Å². The molecule has 2 aromatic carbocycles. The van der Waals surface area contributed by atoms with Crippen molar-refractivity contribution in [3.8, 4) is 0 Å². The van der Waals surface area contributed by atoms with Crippen molar-refractivity contribution in [1.29, 1.82) is 0 Å². The molecular formula is C22H21NO3S. The summed E-state index contributed by atoms with van der Waals surface area (Å²) in [6, 6.07) is 20.9. The van der Waals surface area contributed by atoms with Crippen molar-refractivity contribution in [3.05, 3.63) is 93.2 Å². The van der Waals surface area contributed by atoms with Gasteiger partial charge in [-0.2, -0.15) is 0 Å². The zero-order chi connectivity index (χ0) is 19.2. The van der Waals surface area contributed by atoms with Crippen LogP contribution in [0.5, 0.6) is 0 Å². The fourth-order valence-electron chi connectivity index (χ4n) is 2.90. The first-order valence-electron chi connectivity index (χ1n) is 8.68. The van der Waals surface area contributed by atoms with E-state index in [-0.39, 0.29) is 18.6 Å². The largest absolute Gasteiger partial charge is 0.452 e. The number of hydrogen-bond donors (Lipinski definition) is 1. The Morgan fingerprint density at radius 3 is 2.00 bits per heavy atom. The van der Waals surface area contributed by atoms with Crippen LogP contribution in [0.2, 0.25) is 0 Å². The number of ether oxygens (including phenoxy) is 1. The molecule has 1 aromatic heterocycles. The zero-order valence-corrected chi connectivity index (χ0v) is 16.1. The molecule has 0 aliphatic rings. The highest BCUT2D eigenvalue weighted by Crippen LogP contribution is 2.22. The van der Waals surface area contributed by atoms with Gasteiger partial charge in [0, 0.05) is 9.75 Å². The Bertz CT molecular complexity index is 880. The monoisotopic (exact) mass is 379 g/mol. The second kappa shape index (κ2) is 8.64. The Morgan fingerprint density at radius 2 is 1.52 bits per heavy atom. The molecule has 0 spiro atoms. The molecule has 1 N–H and O–H groups in total. The van der Waals surface area contributed by atoms with E-state index in [0.717, 1.165) is 20.9 Å². The van der Waals surface area contributed by atoms with Gasteiger partial charge in [0.05, 0.1) is 11.6 Å². The highest BCUT2D eigenvalue weighted by atomic mass is 32.1. The van der Waals surface area contributed by atoms with Gasteiger partial charge in [0.2, 0.25) is 0 Å². The molecule has 3 rings (SSSR count). The van der Waals surface area contributed by atoms with Gasteiger partial charge in [-0.15, -0.1) is 11.3 Å². The number of aryl methyl sites for hydroxylation is 2. The van der Waals surface area contributed by atoms with Crippen LogP contribution >= 0.6 is 11.3 Å². The van der Waals surface area contributed by atoms with Crippen LogP contribution in [0.4, 0.5) is 0 Å². The number of hydrogen-bond acceptors (Lipinski definition) is 4. The Kier molecular flexibility index (Phi) is 6.04. The lowest BCUT2D eigenvalue weighted by molar-refractivity contribution is -0.124. The van der Waals surface area contributed by atoms with Crippen LogP contribution < -0.4 is 5.32 Å². The minimum Gasteiger partial charge on any atom is -0.452 e. The summed E-state index contributed by atoms with van der Waals surface area (Å²) in [7, 11) is 0. The first-order valence-corrected chi connectivity index (χ1v) is 9.49. The van der Waals surface area contributed by atoms with Crippen LogP contribution in [0.25, 0.3) is 0 Å². The van der Waals surface area contributed by atoms with E-state index in [9.17, 15) is 9.59 Å². The average molecular weight is 379 g/mol. The van der Waals surface area contributed by atoms with Crippen molar-refractivity contribution in [2.75, 3.05) is 6.61 Å². The van der Waals surface area contributed by atoms with E-state index in [1.807, 2.05) is 74.5 Å². The maximum absolute atomic E-state index is 12.4. The van der Waals surface area contributed by atoms with E-state index in [4.69, 9.17) is 4.74 Å². The lowest BCUT2D eigenvalue weighted by atomic mass is 9.99. The number of carbonyl (C=O) groups is 2. The molecule has 0 unspecified atom stereocenters. The molecule has 0 bridgehead atoms. The summed E-state index contributed by atoms with van der Waals surface area (Å²) in [5, 5.41) is 2.96. The van der Waals surface area contributed by atoms with Crippen LogP contribution in [-0.2, 0) is 9.53 Å². The topological polar surface area (TPSA) is 55.4 Å². The summed E-state index contributed by atoms with van der Waals surface area (Å²) >= 11 is 1.54. The maximum atomic E-state index is 12.4. The van der Waals surface area contributed by atoms with E-state index in [1.165, 1.54) is 11.3 Å². The standard InChI is InChI=1S/C22H21NO3S/c1-15-13-19(16(2)27-15)22(25)26-14-20(24)23-21(17-9-5-3-6-10-17)18-11-7-4-8-12-18/h3-13,21H,14H2,1-2H3,(H,23,24). The molecule has 138 valence electrons. The molecule has 1 amide bonds. The molecule has 0 saturated carbocycles. The lowest BCUT2D eigenvalue weighted by Gasteiger charge is -2.20. The molecular weight excluding hydrogens is 358 g/mol.